The average Bonchev–Trinajstić information content (AvgIpc) is 2.94. The lowest BCUT2D eigenvalue weighted by Gasteiger charge is -2.17. The lowest BCUT2D eigenvalue weighted by atomic mass is 10.1. The summed E-state index contributed by atoms with van der Waals surface area (Å²) in [5.74, 6) is 0.351. The molecule has 2 rings (SSSR count). The third-order valence-corrected chi connectivity index (χ3v) is 5.06. The highest BCUT2D eigenvalue weighted by Gasteiger charge is 2.23. The first-order valence-corrected chi connectivity index (χ1v) is 10.2. The van der Waals surface area contributed by atoms with Crippen molar-refractivity contribution in [2.45, 2.75) is 26.3 Å². The Morgan fingerprint density at radius 3 is 2.79 bits per heavy atom. The second-order valence-corrected chi connectivity index (χ2v) is 8.37. The Balaban J connectivity index is 1.67. The zero-order valence-corrected chi connectivity index (χ0v) is 15.2. The second kappa shape index (κ2) is 8.60. The molecule has 0 bridgehead atoms. The molecule has 2 N–H and O–H groups in total. The molecule has 0 saturated carbocycles. The molecule has 6 nitrogen and oxygen atoms in total. The number of amides is 1. The molecule has 7 heteroatoms. The number of rotatable bonds is 8. The van der Waals surface area contributed by atoms with Crippen molar-refractivity contribution in [3.63, 3.8) is 0 Å². The third-order valence-electron chi connectivity index (χ3n) is 4.33. The van der Waals surface area contributed by atoms with Gasteiger partial charge in [0, 0.05) is 32.6 Å². The largest absolute Gasteiger partial charge is 0.356 e. The molecule has 1 atom stereocenters. The minimum atomic E-state index is -3.23. The van der Waals surface area contributed by atoms with Crippen molar-refractivity contribution in [2.75, 3.05) is 32.4 Å². The van der Waals surface area contributed by atoms with Crippen molar-refractivity contribution in [3.8, 4) is 0 Å². The maximum atomic E-state index is 11.7. The van der Waals surface area contributed by atoms with Crippen LogP contribution in [-0.4, -0.2) is 51.7 Å². The van der Waals surface area contributed by atoms with E-state index in [1.165, 1.54) is 11.1 Å². The van der Waals surface area contributed by atoms with E-state index in [0.29, 0.717) is 12.5 Å². The molecular formula is C17H27N3O3S. The molecule has 1 saturated heterocycles. The zero-order valence-electron chi connectivity index (χ0n) is 14.4. The van der Waals surface area contributed by atoms with Crippen LogP contribution in [0.5, 0.6) is 0 Å². The van der Waals surface area contributed by atoms with E-state index in [9.17, 15) is 13.2 Å². The van der Waals surface area contributed by atoms with E-state index < -0.39 is 10.0 Å². The van der Waals surface area contributed by atoms with Gasteiger partial charge in [-0.25, -0.2) is 13.1 Å². The van der Waals surface area contributed by atoms with Crippen LogP contribution >= 0.6 is 0 Å². The van der Waals surface area contributed by atoms with Crippen molar-refractivity contribution in [3.05, 3.63) is 35.4 Å². The second-order valence-electron chi connectivity index (χ2n) is 6.54. The molecule has 1 heterocycles. The molecule has 1 amide bonds. The van der Waals surface area contributed by atoms with Gasteiger partial charge in [0.25, 0.3) is 0 Å². The Morgan fingerprint density at radius 2 is 2.08 bits per heavy atom. The fourth-order valence-corrected chi connectivity index (χ4v) is 3.42. The van der Waals surface area contributed by atoms with Gasteiger partial charge in [-0.1, -0.05) is 24.3 Å². The summed E-state index contributed by atoms with van der Waals surface area (Å²) in [6, 6.07) is 8.42. The summed E-state index contributed by atoms with van der Waals surface area (Å²) in [4.78, 5) is 14.2. The molecule has 0 radical (unpaired) electrons. The molecule has 24 heavy (non-hydrogen) atoms. The number of sulfonamides is 1. The SMILES string of the molecule is Cc1ccccc1CN1CC[C@@H](CNC(=O)CCNS(C)(=O)=O)C1. The molecule has 1 fully saturated rings. The van der Waals surface area contributed by atoms with E-state index in [2.05, 4.69) is 46.1 Å². The van der Waals surface area contributed by atoms with Crippen LogP contribution < -0.4 is 10.0 Å². The predicted molar refractivity (Wildman–Crippen MR) is 95.0 cm³/mol. The minimum Gasteiger partial charge on any atom is -0.356 e. The van der Waals surface area contributed by atoms with Crippen LogP contribution in [0.4, 0.5) is 0 Å². The van der Waals surface area contributed by atoms with Gasteiger partial charge in [-0.2, -0.15) is 0 Å². The van der Waals surface area contributed by atoms with Crippen LogP contribution in [0.15, 0.2) is 24.3 Å². The zero-order chi connectivity index (χ0) is 17.6. The van der Waals surface area contributed by atoms with Crippen LogP contribution in [0.3, 0.4) is 0 Å². The first-order valence-electron chi connectivity index (χ1n) is 8.31. The molecule has 1 aromatic carbocycles. The fraction of sp³-hybridized carbons (Fsp3) is 0.588. The number of benzene rings is 1. The number of aryl methyl sites for hydroxylation is 1. The normalized spacial score (nSPS) is 18.7. The Bertz CT molecular complexity index is 661. The smallest absolute Gasteiger partial charge is 0.221 e. The summed E-state index contributed by atoms with van der Waals surface area (Å²) in [6.07, 6.45) is 2.34. The standard InChI is InChI=1S/C17H27N3O3S/c1-14-5-3-4-6-16(14)13-20-10-8-15(12-20)11-18-17(21)7-9-19-24(2,22)23/h3-6,15,19H,7-13H2,1-2H3,(H,18,21)/t15-/m0/s1. The molecule has 1 aliphatic rings. The third kappa shape index (κ3) is 6.59. The van der Waals surface area contributed by atoms with Gasteiger partial charge in [-0.15, -0.1) is 0 Å². The van der Waals surface area contributed by atoms with Gasteiger partial charge < -0.3 is 5.32 Å². The minimum absolute atomic E-state index is 0.108. The summed E-state index contributed by atoms with van der Waals surface area (Å²) in [5, 5.41) is 2.91. The number of hydrogen-bond donors (Lipinski definition) is 2. The topological polar surface area (TPSA) is 78.5 Å². The van der Waals surface area contributed by atoms with Gasteiger partial charge in [0.2, 0.25) is 15.9 Å². The van der Waals surface area contributed by atoms with E-state index in [1.54, 1.807) is 0 Å². The first kappa shape index (κ1) is 18.9. The number of nitrogens with zero attached hydrogens (tertiary/aromatic N) is 1. The number of carbonyl (C=O) groups excluding carboxylic acids is 1. The van der Waals surface area contributed by atoms with Crippen molar-refractivity contribution >= 4 is 15.9 Å². The van der Waals surface area contributed by atoms with E-state index in [0.717, 1.165) is 32.3 Å². The maximum Gasteiger partial charge on any atom is 0.221 e. The van der Waals surface area contributed by atoms with Gasteiger partial charge in [0.1, 0.15) is 0 Å². The molecular weight excluding hydrogens is 326 g/mol. The lowest BCUT2D eigenvalue weighted by Crippen LogP contribution is -2.33. The summed E-state index contributed by atoms with van der Waals surface area (Å²) < 4.78 is 24.2. The highest BCUT2D eigenvalue weighted by Crippen LogP contribution is 2.19. The van der Waals surface area contributed by atoms with Crippen molar-refractivity contribution < 1.29 is 13.2 Å². The highest BCUT2D eigenvalue weighted by molar-refractivity contribution is 7.88. The van der Waals surface area contributed by atoms with Gasteiger partial charge in [0.15, 0.2) is 0 Å². The number of likely N-dealkylation sites (tertiary alicyclic amines) is 1. The van der Waals surface area contributed by atoms with E-state index >= 15 is 0 Å². The Hall–Kier alpha value is -1.44. The monoisotopic (exact) mass is 353 g/mol. The van der Waals surface area contributed by atoms with E-state index in [4.69, 9.17) is 0 Å². The van der Waals surface area contributed by atoms with Crippen molar-refractivity contribution in [2.24, 2.45) is 5.92 Å². The predicted octanol–water partition coefficient (Wildman–Crippen LogP) is 0.872. The summed E-state index contributed by atoms with van der Waals surface area (Å²) in [5.41, 5.74) is 2.67. The van der Waals surface area contributed by atoms with Crippen LogP contribution in [0, 0.1) is 12.8 Å². The van der Waals surface area contributed by atoms with Gasteiger partial charge in [0.05, 0.1) is 6.26 Å². The van der Waals surface area contributed by atoms with Crippen LogP contribution in [-0.2, 0) is 21.4 Å². The molecule has 0 aromatic heterocycles. The first-order chi connectivity index (χ1) is 11.3. The molecule has 0 aliphatic carbocycles. The number of carbonyl (C=O) groups is 1. The quantitative estimate of drug-likeness (QED) is 0.727. The highest BCUT2D eigenvalue weighted by atomic mass is 32.2. The number of nitrogens with one attached hydrogen (secondary N) is 2. The van der Waals surface area contributed by atoms with Crippen LogP contribution in [0.25, 0.3) is 0 Å². The molecule has 0 unspecified atom stereocenters. The van der Waals surface area contributed by atoms with E-state index in [-0.39, 0.29) is 18.9 Å². The lowest BCUT2D eigenvalue weighted by molar-refractivity contribution is -0.121. The Morgan fingerprint density at radius 1 is 1.33 bits per heavy atom. The molecule has 134 valence electrons. The van der Waals surface area contributed by atoms with Crippen molar-refractivity contribution in [1.82, 2.24) is 14.9 Å². The molecule has 0 spiro atoms. The summed E-state index contributed by atoms with van der Waals surface area (Å²) in [7, 11) is -3.23. The number of hydrogen-bond acceptors (Lipinski definition) is 4. The van der Waals surface area contributed by atoms with Crippen LogP contribution in [0.1, 0.15) is 24.0 Å². The maximum absolute atomic E-state index is 11.7. The van der Waals surface area contributed by atoms with E-state index in [1.807, 2.05) is 0 Å². The molecule has 1 aromatic rings. The summed E-state index contributed by atoms with van der Waals surface area (Å²) in [6.45, 7) is 5.92. The van der Waals surface area contributed by atoms with Gasteiger partial charge in [-0.3, -0.25) is 9.69 Å². The average molecular weight is 353 g/mol. The van der Waals surface area contributed by atoms with Gasteiger partial charge >= 0.3 is 0 Å². The van der Waals surface area contributed by atoms with Crippen molar-refractivity contribution in [1.29, 1.82) is 0 Å². The Labute approximate surface area is 144 Å². The fourth-order valence-electron chi connectivity index (χ4n) is 2.95. The van der Waals surface area contributed by atoms with Crippen LogP contribution in [0.2, 0.25) is 0 Å². The summed E-state index contributed by atoms with van der Waals surface area (Å²) >= 11 is 0. The Kier molecular flexibility index (Phi) is 6.77. The van der Waals surface area contributed by atoms with Gasteiger partial charge in [-0.05, 0) is 36.9 Å². The molecule has 1 aliphatic heterocycles.